The minimum atomic E-state index is -4.46. The van der Waals surface area contributed by atoms with Crippen LogP contribution in [0.1, 0.15) is 29.4 Å². The summed E-state index contributed by atoms with van der Waals surface area (Å²) in [5, 5.41) is 6.76. The number of amides is 2. The highest BCUT2D eigenvalue weighted by molar-refractivity contribution is 5.96. The average molecular weight is 447 g/mol. The van der Waals surface area contributed by atoms with E-state index < -0.39 is 29.6 Å². The molecule has 3 rings (SSSR count). The predicted octanol–water partition coefficient (Wildman–Crippen LogP) is 3.29. The summed E-state index contributed by atoms with van der Waals surface area (Å²) in [6.07, 6.45) is -2.50. The molecule has 0 saturated carbocycles. The Morgan fingerprint density at radius 2 is 1.84 bits per heavy atom. The molecule has 11 heteroatoms. The maximum atomic E-state index is 12.8. The quantitative estimate of drug-likeness (QED) is 0.577. The van der Waals surface area contributed by atoms with Crippen LogP contribution >= 0.6 is 0 Å². The molecule has 168 valence electrons. The smallest absolute Gasteiger partial charge is 0.416 e. The van der Waals surface area contributed by atoms with E-state index in [1.54, 1.807) is 26.2 Å². The highest BCUT2D eigenvalue weighted by Gasteiger charge is 2.30. The van der Waals surface area contributed by atoms with Crippen molar-refractivity contribution in [2.75, 3.05) is 0 Å². The van der Waals surface area contributed by atoms with Gasteiger partial charge in [0.25, 0.3) is 5.91 Å². The molecule has 2 heterocycles. The first-order valence-corrected chi connectivity index (χ1v) is 9.55. The van der Waals surface area contributed by atoms with Crippen molar-refractivity contribution in [2.45, 2.75) is 25.6 Å². The molecule has 8 nitrogen and oxygen atoms in total. The number of carbonyl (C=O) groups excluding carboxylic acids is 2. The summed E-state index contributed by atoms with van der Waals surface area (Å²) in [6, 6.07) is 7.78. The van der Waals surface area contributed by atoms with Crippen molar-refractivity contribution < 1.29 is 27.5 Å². The number of aromatic nitrogens is 3. The number of ether oxygens (including phenoxy) is 1. The molecule has 3 aromatic rings. The van der Waals surface area contributed by atoms with Gasteiger partial charge in [0, 0.05) is 13.2 Å². The van der Waals surface area contributed by atoms with Crippen LogP contribution in [-0.2, 0) is 18.0 Å². The molecule has 0 fully saturated rings. The number of nitrogens with zero attached hydrogens (tertiary/aromatic N) is 3. The van der Waals surface area contributed by atoms with Crippen LogP contribution < -0.4 is 15.8 Å². The number of aryl methyl sites for hydroxylation is 1. The van der Waals surface area contributed by atoms with Gasteiger partial charge in [0.1, 0.15) is 28.9 Å². The normalized spacial score (nSPS) is 12.3. The fourth-order valence-electron chi connectivity index (χ4n) is 2.83. The molecule has 0 saturated heterocycles. The lowest BCUT2D eigenvalue weighted by atomic mass is 10.2. The molecule has 0 aliphatic carbocycles. The van der Waals surface area contributed by atoms with Crippen LogP contribution in [0.15, 0.2) is 48.7 Å². The van der Waals surface area contributed by atoms with Crippen molar-refractivity contribution in [1.82, 2.24) is 20.1 Å². The van der Waals surface area contributed by atoms with Gasteiger partial charge in [-0.3, -0.25) is 14.3 Å². The van der Waals surface area contributed by atoms with E-state index in [2.05, 4.69) is 15.4 Å². The average Bonchev–Trinajstić information content (AvgIpc) is 3.17. The van der Waals surface area contributed by atoms with Crippen molar-refractivity contribution in [2.24, 2.45) is 12.8 Å². The summed E-state index contributed by atoms with van der Waals surface area (Å²) >= 11 is 0. The number of rotatable bonds is 7. The van der Waals surface area contributed by atoms with Crippen molar-refractivity contribution >= 4 is 11.8 Å². The minimum absolute atomic E-state index is 0.00915. The van der Waals surface area contributed by atoms with Crippen molar-refractivity contribution in [3.63, 3.8) is 0 Å². The molecule has 32 heavy (non-hydrogen) atoms. The van der Waals surface area contributed by atoms with Gasteiger partial charge in [-0.25, -0.2) is 4.98 Å². The van der Waals surface area contributed by atoms with E-state index in [0.29, 0.717) is 12.1 Å². The largest absolute Gasteiger partial charge is 0.455 e. The SMILES string of the molecule is CC[C@@H](NC(=O)c1ccc(Oc2ccc(C(F)(F)F)cc2)c(-c2ccn(C)n2)n1)C(N)=O. The Morgan fingerprint density at radius 1 is 1.16 bits per heavy atom. The second kappa shape index (κ2) is 9.08. The number of nitrogens with one attached hydrogen (secondary N) is 1. The second-order valence-corrected chi connectivity index (χ2v) is 6.88. The maximum Gasteiger partial charge on any atom is 0.416 e. The fourth-order valence-corrected chi connectivity index (χ4v) is 2.83. The molecular formula is C21H20F3N5O3. The second-order valence-electron chi connectivity index (χ2n) is 6.88. The van der Waals surface area contributed by atoms with Gasteiger partial charge in [0.15, 0.2) is 5.75 Å². The summed E-state index contributed by atoms with van der Waals surface area (Å²) < 4.78 is 45.6. The van der Waals surface area contributed by atoms with Gasteiger partial charge in [-0.15, -0.1) is 0 Å². The number of hydrogen-bond acceptors (Lipinski definition) is 5. The Bertz CT molecular complexity index is 1130. The Hall–Kier alpha value is -3.89. The van der Waals surface area contributed by atoms with Crippen LogP contribution in [0.5, 0.6) is 11.5 Å². The standard InChI is InChI=1S/C21H20F3N5O3/c1-3-14(19(25)30)27-20(31)16-8-9-17(18(26-16)15-10-11-29(2)28-15)32-13-6-4-12(5-7-13)21(22,23)24/h4-11,14H,3H2,1-2H3,(H2,25,30)(H,27,31)/t14-/m1/s1. The lowest BCUT2D eigenvalue weighted by Crippen LogP contribution is -2.44. The van der Waals surface area contributed by atoms with Gasteiger partial charge >= 0.3 is 6.18 Å². The Morgan fingerprint density at radius 3 is 2.38 bits per heavy atom. The first-order chi connectivity index (χ1) is 15.1. The van der Waals surface area contributed by atoms with Gasteiger partial charge in [0.05, 0.1) is 5.56 Å². The van der Waals surface area contributed by atoms with E-state index in [1.165, 1.54) is 28.9 Å². The molecule has 0 spiro atoms. The van der Waals surface area contributed by atoms with E-state index in [4.69, 9.17) is 10.5 Å². The molecular weight excluding hydrogens is 427 g/mol. The van der Waals surface area contributed by atoms with Crippen LogP contribution in [0.4, 0.5) is 13.2 Å². The van der Waals surface area contributed by atoms with E-state index in [1.807, 2.05) is 0 Å². The topological polar surface area (TPSA) is 112 Å². The molecule has 0 aliphatic rings. The summed E-state index contributed by atoms with van der Waals surface area (Å²) in [5.74, 6) is -0.960. The third-order valence-electron chi connectivity index (χ3n) is 4.51. The Kier molecular flexibility index (Phi) is 6.47. The highest BCUT2D eigenvalue weighted by Crippen LogP contribution is 2.34. The summed E-state index contributed by atoms with van der Waals surface area (Å²) in [5.41, 5.74) is 5.03. The zero-order valence-electron chi connectivity index (χ0n) is 17.2. The number of primary amides is 1. The van der Waals surface area contributed by atoms with Crippen molar-refractivity contribution in [1.29, 1.82) is 0 Å². The van der Waals surface area contributed by atoms with Crippen LogP contribution in [0.3, 0.4) is 0 Å². The van der Waals surface area contributed by atoms with Gasteiger partial charge in [0.2, 0.25) is 5.91 Å². The van der Waals surface area contributed by atoms with Gasteiger partial charge < -0.3 is 15.8 Å². The van der Waals surface area contributed by atoms with Gasteiger partial charge in [-0.2, -0.15) is 18.3 Å². The summed E-state index contributed by atoms with van der Waals surface area (Å²) in [6.45, 7) is 1.70. The van der Waals surface area contributed by atoms with Crippen molar-refractivity contribution in [3.05, 3.63) is 59.9 Å². The fraction of sp³-hybridized carbons (Fsp3) is 0.238. The molecule has 2 aromatic heterocycles. The number of benzene rings is 1. The first-order valence-electron chi connectivity index (χ1n) is 9.55. The number of pyridine rings is 1. The molecule has 3 N–H and O–H groups in total. The number of alkyl halides is 3. The number of carbonyl (C=O) groups is 2. The van der Waals surface area contributed by atoms with Gasteiger partial charge in [-0.1, -0.05) is 6.92 Å². The van der Waals surface area contributed by atoms with Gasteiger partial charge in [-0.05, 0) is 48.9 Å². The van der Waals surface area contributed by atoms with Crippen LogP contribution in [0, 0.1) is 0 Å². The molecule has 0 unspecified atom stereocenters. The lowest BCUT2D eigenvalue weighted by Gasteiger charge is -2.14. The van der Waals surface area contributed by atoms with E-state index >= 15 is 0 Å². The number of hydrogen-bond donors (Lipinski definition) is 2. The van der Waals surface area contributed by atoms with E-state index in [0.717, 1.165) is 12.1 Å². The zero-order chi connectivity index (χ0) is 23.5. The third-order valence-corrected chi connectivity index (χ3v) is 4.51. The minimum Gasteiger partial charge on any atom is -0.455 e. The predicted molar refractivity (Wildman–Crippen MR) is 109 cm³/mol. The molecule has 1 atom stereocenters. The van der Waals surface area contributed by atoms with Crippen LogP contribution in [0.2, 0.25) is 0 Å². The third kappa shape index (κ3) is 5.23. The van der Waals surface area contributed by atoms with E-state index in [9.17, 15) is 22.8 Å². The molecule has 0 aliphatic heterocycles. The Labute approximate surface area is 181 Å². The number of nitrogens with two attached hydrogens (primary N) is 1. The molecule has 1 aromatic carbocycles. The maximum absolute atomic E-state index is 12.8. The highest BCUT2D eigenvalue weighted by atomic mass is 19.4. The number of halogens is 3. The summed E-state index contributed by atoms with van der Waals surface area (Å²) in [4.78, 5) is 28.3. The zero-order valence-corrected chi connectivity index (χ0v) is 17.2. The monoisotopic (exact) mass is 447 g/mol. The summed E-state index contributed by atoms with van der Waals surface area (Å²) in [7, 11) is 1.69. The van der Waals surface area contributed by atoms with E-state index in [-0.39, 0.29) is 22.9 Å². The lowest BCUT2D eigenvalue weighted by molar-refractivity contribution is -0.137. The molecule has 2 amide bonds. The molecule has 0 radical (unpaired) electrons. The van der Waals surface area contributed by atoms with Crippen LogP contribution in [-0.4, -0.2) is 32.6 Å². The van der Waals surface area contributed by atoms with Crippen LogP contribution in [0.25, 0.3) is 11.4 Å². The van der Waals surface area contributed by atoms with Crippen molar-refractivity contribution in [3.8, 4) is 22.9 Å². The Balaban J connectivity index is 1.94. The first kappa shape index (κ1) is 22.8. The molecule has 0 bridgehead atoms.